The van der Waals surface area contributed by atoms with E-state index in [1.807, 2.05) is 18.2 Å². The highest BCUT2D eigenvalue weighted by Gasteiger charge is 2.41. The topological polar surface area (TPSA) is 98.5 Å². The van der Waals surface area contributed by atoms with E-state index in [-0.39, 0.29) is 5.91 Å². The molecule has 8 heteroatoms. The maximum absolute atomic E-state index is 12.7. The van der Waals surface area contributed by atoms with Crippen molar-refractivity contribution in [3.63, 3.8) is 0 Å². The molecule has 1 saturated carbocycles. The van der Waals surface area contributed by atoms with Crippen LogP contribution in [0.5, 0.6) is 0 Å². The Hall–Kier alpha value is -3.16. The summed E-state index contributed by atoms with van der Waals surface area (Å²) in [5, 5.41) is 16.0. The van der Waals surface area contributed by atoms with Crippen LogP contribution in [0.25, 0.3) is 0 Å². The molecule has 26 heavy (non-hydrogen) atoms. The van der Waals surface area contributed by atoms with Gasteiger partial charge in [-0.05, 0) is 36.3 Å². The fourth-order valence-corrected chi connectivity index (χ4v) is 3.30. The fraction of sp³-hybridized carbons (Fsp3) is 0.333. The minimum Gasteiger partial charge on any atom is -0.339 e. The predicted molar refractivity (Wildman–Crippen MR) is 93.0 cm³/mol. The number of nitrogens with zero attached hydrogens (tertiary/aromatic N) is 6. The Morgan fingerprint density at radius 1 is 1.08 bits per heavy atom. The second kappa shape index (κ2) is 6.99. The molecule has 0 aliphatic heterocycles. The van der Waals surface area contributed by atoms with Gasteiger partial charge in [0.05, 0.1) is 0 Å². The molecule has 2 heterocycles. The lowest BCUT2D eigenvalue weighted by molar-refractivity contribution is 0.0893. The van der Waals surface area contributed by atoms with Crippen molar-refractivity contribution in [2.24, 2.45) is 0 Å². The van der Waals surface area contributed by atoms with Crippen LogP contribution in [0.15, 0.2) is 48.8 Å². The van der Waals surface area contributed by atoms with Gasteiger partial charge in [-0.3, -0.25) is 4.79 Å². The standard InChI is InChI=1S/C18H19N7O/c26-16(14-7-2-1-3-8-14)21-18(9-4-5-10-18)17-22-24-25(23-17)13-15-19-11-6-12-20-15/h1-3,6-8,11-12H,4-5,9-10,13H2,(H,21,26). The van der Waals surface area contributed by atoms with Crippen molar-refractivity contribution < 1.29 is 4.79 Å². The van der Waals surface area contributed by atoms with Crippen LogP contribution in [-0.4, -0.2) is 36.1 Å². The minimum absolute atomic E-state index is 0.116. The monoisotopic (exact) mass is 349 g/mol. The molecule has 0 unspecified atom stereocenters. The molecule has 4 rings (SSSR count). The van der Waals surface area contributed by atoms with E-state index in [1.54, 1.807) is 30.6 Å². The van der Waals surface area contributed by atoms with Crippen molar-refractivity contribution in [1.82, 2.24) is 35.5 Å². The molecular formula is C18H19N7O. The van der Waals surface area contributed by atoms with E-state index >= 15 is 0 Å². The first-order valence-corrected chi connectivity index (χ1v) is 8.67. The molecule has 0 radical (unpaired) electrons. The summed E-state index contributed by atoms with van der Waals surface area (Å²) in [4.78, 5) is 22.5. The number of benzene rings is 1. The molecule has 0 spiro atoms. The van der Waals surface area contributed by atoms with Gasteiger partial charge >= 0.3 is 0 Å². The highest BCUT2D eigenvalue weighted by atomic mass is 16.1. The number of tetrazole rings is 1. The second-order valence-electron chi connectivity index (χ2n) is 6.42. The van der Waals surface area contributed by atoms with Crippen molar-refractivity contribution in [1.29, 1.82) is 0 Å². The second-order valence-corrected chi connectivity index (χ2v) is 6.42. The zero-order valence-electron chi connectivity index (χ0n) is 14.2. The lowest BCUT2D eigenvalue weighted by atomic mass is 9.96. The van der Waals surface area contributed by atoms with Gasteiger partial charge < -0.3 is 5.32 Å². The molecule has 3 aromatic rings. The third-order valence-corrected chi connectivity index (χ3v) is 4.63. The summed E-state index contributed by atoms with van der Waals surface area (Å²) in [6, 6.07) is 11.0. The Labute approximate surface area is 150 Å². The SMILES string of the molecule is O=C(NC1(c2nnn(Cc3ncccn3)n2)CCCC1)c1ccccc1. The van der Waals surface area contributed by atoms with Crippen LogP contribution < -0.4 is 5.32 Å². The summed E-state index contributed by atoms with van der Waals surface area (Å²) < 4.78 is 0. The Kier molecular flexibility index (Phi) is 4.39. The van der Waals surface area contributed by atoms with E-state index in [4.69, 9.17) is 0 Å². The van der Waals surface area contributed by atoms with Gasteiger partial charge in [-0.25, -0.2) is 9.97 Å². The van der Waals surface area contributed by atoms with E-state index in [0.29, 0.717) is 23.8 Å². The number of hydrogen-bond acceptors (Lipinski definition) is 6. The van der Waals surface area contributed by atoms with Gasteiger partial charge in [0, 0.05) is 18.0 Å². The maximum Gasteiger partial charge on any atom is 0.252 e. The first kappa shape index (κ1) is 16.3. The molecule has 132 valence electrons. The van der Waals surface area contributed by atoms with Gasteiger partial charge in [0.2, 0.25) is 0 Å². The van der Waals surface area contributed by atoms with E-state index in [1.165, 1.54) is 4.80 Å². The lowest BCUT2D eigenvalue weighted by Crippen LogP contribution is -2.44. The fourth-order valence-electron chi connectivity index (χ4n) is 3.30. The quantitative estimate of drug-likeness (QED) is 0.753. The van der Waals surface area contributed by atoms with Crippen molar-refractivity contribution in [3.05, 3.63) is 66.0 Å². The highest BCUT2D eigenvalue weighted by molar-refractivity contribution is 5.94. The van der Waals surface area contributed by atoms with Crippen LogP contribution in [0, 0.1) is 0 Å². The normalized spacial score (nSPS) is 15.7. The van der Waals surface area contributed by atoms with E-state index in [9.17, 15) is 4.79 Å². The Morgan fingerprint density at radius 2 is 1.81 bits per heavy atom. The van der Waals surface area contributed by atoms with Crippen LogP contribution >= 0.6 is 0 Å². The third kappa shape index (κ3) is 3.30. The maximum atomic E-state index is 12.7. The van der Waals surface area contributed by atoms with Gasteiger partial charge in [0.25, 0.3) is 5.91 Å². The van der Waals surface area contributed by atoms with Gasteiger partial charge in [-0.2, -0.15) is 4.80 Å². The molecule has 1 aliphatic carbocycles. The van der Waals surface area contributed by atoms with Crippen LogP contribution in [0.4, 0.5) is 0 Å². The highest BCUT2D eigenvalue weighted by Crippen LogP contribution is 2.37. The predicted octanol–water partition coefficient (Wildman–Crippen LogP) is 1.71. The molecule has 1 amide bonds. The summed E-state index contributed by atoms with van der Waals surface area (Å²) in [6.07, 6.45) is 7.01. The van der Waals surface area contributed by atoms with Gasteiger partial charge in [-0.1, -0.05) is 31.0 Å². The van der Waals surface area contributed by atoms with Crippen LogP contribution in [0.1, 0.15) is 47.7 Å². The molecular weight excluding hydrogens is 330 g/mol. The Bertz CT molecular complexity index is 873. The van der Waals surface area contributed by atoms with Crippen molar-refractivity contribution >= 4 is 5.91 Å². The first-order valence-electron chi connectivity index (χ1n) is 8.67. The van der Waals surface area contributed by atoms with Gasteiger partial charge in [-0.15, -0.1) is 10.2 Å². The number of aromatic nitrogens is 6. The largest absolute Gasteiger partial charge is 0.339 e. The van der Waals surface area contributed by atoms with Gasteiger partial charge in [0.1, 0.15) is 12.1 Å². The Morgan fingerprint density at radius 3 is 2.54 bits per heavy atom. The molecule has 1 N–H and O–H groups in total. The smallest absolute Gasteiger partial charge is 0.252 e. The summed E-state index contributed by atoms with van der Waals surface area (Å²) in [5.74, 6) is 1.05. The van der Waals surface area contributed by atoms with Crippen LogP contribution in [-0.2, 0) is 12.1 Å². The lowest BCUT2D eigenvalue weighted by Gasteiger charge is -2.26. The van der Waals surface area contributed by atoms with Crippen molar-refractivity contribution in [2.45, 2.75) is 37.8 Å². The molecule has 1 fully saturated rings. The van der Waals surface area contributed by atoms with E-state index in [2.05, 4.69) is 30.7 Å². The number of carbonyl (C=O) groups is 1. The minimum atomic E-state index is -0.567. The summed E-state index contributed by atoms with van der Waals surface area (Å²) in [5.41, 5.74) is 0.0618. The average Bonchev–Trinajstić information content (AvgIpc) is 3.34. The van der Waals surface area contributed by atoms with Crippen molar-refractivity contribution in [3.8, 4) is 0 Å². The molecule has 0 atom stereocenters. The summed E-state index contributed by atoms with van der Waals surface area (Å²) in [6.45, 7) is 0.344. The third-order valence-electron chi connectivity index (χ3n) is 4.63. The summed E-state index contributed by atoms with van der Waals surface area (Å²) >= 11 is 0. The number of hydrogen-bond donors (Lipinski definition) is 1. The molecule has 1 aromatic carbocycles. The average molecular weight is 349 g/mol. The van der Waals surface area contributed by atoms with Crippen molar-refractivity contribution in [2.75, 3.05) is 0 Å². The van der Waals surface area contributed by atoms with E-state index < -0.39 is 5.54 Å². The molecule has 0 bridgehead atoms. The van der Waals surface area contributed by atoms with E-state index in [0.717, 1.165) is 25.7 Å². The number of carbonyl (C=O) groups excluding carboxylic acids is 1. The number of nitrogens with one attached hydrogen (secondary N) is 1. The zero-order valence-corrected chi connectivity index (χ0v) is 14.2. The molecule has 1 aliphatic rings. The molecule has 2 aromatic heterocycles. The van der Waals surface area contributed by atoms with Crippen LogP contribution in [0.3, 0.4) is 0 Å². The van der Waals surface area contributed by atoms with Crippen LogP contribution in [0.2, 0.25) is 0 Å². The summed E-state index contributed by atoms with van der Waals surface area (Å²) in [7, 11) is 0. The number of amides is 1. The van der Waals surface area contributed by atoms with Gasteiger partial charge in [0.15, 0.2) is 11.6 Å². The number of rotatable bonds is 5. The molecule has 0 saturated heterocycles. The first-order chi connectivity index (χ1) is 12.8. The zero-order chi connectivity index (χ0) is 17.8. The molecule has 8 nitrogen and oxygen atoms in total. The Balaban J connectivity index is 1.56.